The van der Waals surface area contributed by atoms with E-state index in [1.54, 1.807) is 6.92 Å². The molecule has 0 saturated carbocycles. The standard InChI is InChI=1S/C19H21N3O7S/c1-4-17(18(23)20-14-8-5-7-13(11-14)19(24)29-2)21(30(3,27)28)15-9-6-10-16(12-15)22(25)26/h5-12,17H,4H2,1-3H3,(H,20,23)/t17-/m1/s1. The van der Waals surface area contributed by atoms with E-state index < -0.39 is 32.9 Å². The zero-order valence-corrected chi connectivity index (χ0v) is 17.4. The molecule has 0 saturated heterocycles. The van der Waals surface area contributed by atoms with E-state index in [-0.39, 0.29) is 29.0 Å². The Morgan fingerprint density at radius 2 is 1.87 bits per heavy atom. The van der Waals surface area contributed by atoms with Gasteiger partial charge in [-0.05, 0) is 30.7 Å². The Labute approximate surface area is 173 Å². The van der Waals surface area contributed by atoms with Crippen molar-refractivity contribution < 1.29 is 27.7 Å². The Kier molecular flexibility index (Phi) is 7.11. The molecule has 160 valence electrons. The molecule has 0 radical (unpaired) electrons. The highest BCUT2D eigenvalue weighted by atomic mass is 32.2. The van der Waals surface area contributed by atoms with E-state index in [1.807, 2.05) is 0 Å². The van der Waals surface area contributed by atoms with Crippen molar-refractivity contribution in [1.29, 1.82) is 0 Å². The summed E-state index contributed by atoms with van der Waals surface area (Å²) >= 11 is 0. The molecule has 0 fully saturated rings. The van der Waals surface area contributed by atoms with Crippen molar-refractivity contribution in [3.05, 3.63) is 64.2 Å². The number of methoxy groups -OCH3 is 1. The zero-order chi connectivity index (χ0) is 22.5. The summed E-state index contributed by atoms with van der Waals surface area (Å²) in [6, 6.07) is 9.84. The van der Waals surface area contributed by atoms with E-state index in [9.17, 15) is 28.1 Å². The number of hydrogen-bond acceptors (Lipinski definition) is 7. The van der Waals surface area contributed by atoms with E-state index >= 15 is 0 Å². The molecule has 1 N–H and O–H groups in total. The fourth-order valence-electron chi connectivity index (χ4n) is 2.87. The molecule has 2 rings (SSSR count). The van der Waals surface area contributed by atoms with Crippen molar-refractivity contribution in [3.63, 3.8) is 0 Å². The Bertz CT molecular complexity index is 1070. The van der Waals surface area contributed by atoms with Crippen LogP contribution in [0.4, 0.5) is 17.1 Å². The minimum Gasteiger partial charge on any atom is -0.465 e. The first kappa shape index (κ1) is 22.8. The molecule has 0 heterocycles. The van der Waals surface area contributed by atoms with Crippen LogP contribution in [0.5, 0.6) is 0 Å². The van der Waals surface area contributed by atoms with Gasteiger partial charge < -0.3 is 10.1 Å². The van der Waals surface area contributed by atoms with Crippen LogP contribution in [0.15, 0.2) is 48.5 Å². The first-order chi connectivity index (χ1) is 14.1. The number of rotatable bonds is 8. The maximum atomic E-state index is 12.9. The minimum absolute atomic E-state index is 0.00277. The van der Waals surface area contributed by atoms with Crippen LogP contribution in [0.25, 0.3) is 0 Å². The number of esters is 1. The van der Waals surface area contributed by atoms with E-state index in [0.717, 1.165) is 16.6 Å². The van der Waals surface area contributed by atoms with Gasteiger partial charge in [0.05, 0.1) is 29.5 Å². The molecule has 0 aliphatic carbocycles. The maximum absolute atomic E-state index is 12.9. The van der Waals surface area contributed by atoms with Crippen LogP contribution in [0.2, 0.25) is 0 Å². The largest absolute Gasteiger partial charge is 0.465 e. The number of sulfonamides is 1. The number of benzene rings is 2. The lowest BCUT2D eigenvalue weighted by molar-refractivity contribution is -0.384. The number of non-ortho nitro benzene ring substituents is 1. The molecular weight excluding hydrogens is 414 g/mol. The summed E-state index contributed by atoms with van der Waals surface area (Å²) in [4.78, 5) is 35.0. The van der Waals surface area contributed by atoms with Crippen LogP contribution in [-0.2, 0) is 19.6 Å². The van der Waals surface area contributed by atoms with E-state index in [0.29, 0.717) is 0 Å². The van der Waals surface area contributed by atoms with Crippen molar-refractivity contribution in [1.82, 2.24) is 0 Å². The lowest BCUT2D eigenvalue weighted by atomic mass is 10.1. The van der Waals surface area contributed by atoms with Crippen molar-refractivity contribution in [2.24, 2.45) is 0 Å². The quantitative estimate of drug-likeness (QED) is 0.382. The summed E-state index contributed by atoms with van der Waals surface area (Å²) in [5.74, 6) is -1.25. The predicted molar refractivity (Wildman–Crippen MR) is 111 cm³/mol. The number of carbonyl (C=O) groups excluding carboxylic acids is 2. The van der Waals surface area contributed by atoms with Crippen LogP contribution in [0, 0.1) is 10.1 Å². The second-order valence-electron chi connectivity index (χ2n) is 6.32. The smallest absolute Gasteiger partial charge is 0.337 e. The van der Waals surface area contributed by atoms with Gasteiger partial charge in [0.1, 0.15) is 6.04 Å². The SMILES string of the molecule is CC[C@H](C(=O)Nc1cccc(C(=O)OC)c1)N(c1cccc([N+](=O)[O-])c1)S(C)(=O)=O. The van der Waals surface area contributed by atoms with Gasteiger partial charge in [-0.3, -0.25) is 19.2 Å². The van der Waals surface area contributed by atoms with Crippen molar-refractivity contribution in [2.75, 3.05) is 23.0 Å². The fraction of sp³-hybridized carbons (Fsp3) is 0.263. The van der Waals surface area contributed by atoms with E-state index in [4.69, 9.17) is 0 Å². The van der Waals surface area contributed by atoms with Crippen LogP contribution < -0.4 is 9.62 Å². The Morgan fingerprint density at radius 1 is 1.20 bits per heavy atom. The number of ether oxygens (including phenoxy) is 1. The topological polar surface area (TPSA) is 136 Å². The number of amides is 1. The third-order valence-corrected chi connectivity index (χ3v) is 5.36. The van der Waals surface area contributed by atoms with E-state index in [2.05, 4.69) is 10.1 Å². The lowest BCUT2D eigenvalue weighted by Crippen LogP contribution is -2.47. The second-order valence-corrected chi connectivity index (χ2v) is 8.18. The van der Waals surface area contributed by atoms with Gasteiger partial charge >= 0.3 is 5.97 Å². The Hall–Kier alpha value is -3.47. The van der Waals surface area contributed by atoms with Gasteiger partial charge in [-0.15, -0.1) is 0 Å². The first-order valence-electron chi connectivity index (χ1n) is 8.81. The van der Waals surface area contributed by atoms with Crippen LogP contribution in [0.1, 0.15) is 23.7 Å². The average Bonchev–Trinajstić information content (AvgIpc) is 2.70. The zero-order valence-electron chi connectivity index (χ0n) is 16.6. The summed E-state index contributed by atoms with van der Waals surface area (Å²) < 4.78 is 30.4. The molecule has 30 heavy (non-hydrogen) atoms. The molecule has 0 unspecified atom stereocenters. The van der Waals surface area contributed by atoms with Crippen LogP contribution in [0.3, 0.4) is 0 Å². The number of nitro groups is 1. The number of hydrogen-bond donors (Lipinski definition) is 1. The highest BCUT2D eigenvalue weighted by Gasteiger charge is 2.32. The second kappa shape index (κ2) is 9.35. The Balaban J connectivity index is 2.41. The van der Waals surface area contributed by atoms with Gasteiger partial charge in [-0.25, -0.2) is 13.2 Å². The molecule has 0 aromatic heterocycles. The van der Waals surface area contributed by atoms with Crippen LogP contribution in [-0.4, -0.2) is 44.6 Å². The third kappa shape index (κ3) is 5.32. The summed E-state index contributed by atoms with van der Waals surface area (Å²) in [6.45, 7) is 1.62. The van der Waals surface area contributed by atoms with Crippen molar-refractivity contribution >= 4 is 39.0 Å². The predicted octanol–water partition coefficient (Wildman–Crippen LogP) is 2.56. The minimum atomic E-state index is -3.96. The highest BCUT2D eigenvalue weighted by Crippen LogP contribution is 2.27. The van der Waals surface area contributed by atoms with Crippen LogP contribution >= 0.6 is 0 Å². The third-order valence-electron chi connectivity index (χ3n) is 4.18. The van der Waals surface area contributed by atoms with Crippen molar-refractivity contribution in [2.45, 2.75) is 19.4 Å². The number of nitrogens with zero attached hydrogens (tertiary/aromatic N) is 2. The molecule has 10 nitrogen and oxygen atoms in total. The number of anilines is 2. The molecule has 11 heteroatoms. The molecule has 2 aromatic rings. The van der Waals surface area contributed by atoms with Crippen molar-refractivity contribution in [3.8, 4) is 0 Å². The van der Waals surface area contributed by atoms with Gasteiger partial charge in [0, 0.05) is 17.8 Å². The molecule has 0 spiro atoms. The van der Waals surface area contributed by atoms with Gasteiger partial charge in [-0.1, -0.05) is 19.1 Å². The van der Waals surface area contributed by atoms with Gasteiger partial charge in [-0.2, -0.15) is 0 Å². The number of carbonyl (C=O) groups is 2. The van der Waals surface area contributed by atoms with Gasteiger partial charge in [0.15, 0.2) is 0 Å². The average molecular weight is 435 g/mol. The summed E-state index contributed by atoms with van der Waals surface area (Å²) in [5.41, 5.74) is 0.176. The summed E-state index contributed by atoms with van der Waals surface area (Å²) in [5, 5.41) is 13.7. The normalized spacial score (nSPS) is 12.0. The number of nitro benzene ring substituents is 1. The summed E-state index contributed by atoms with van der Waals surface area (Å²) in [7, 11) is -2.73. The molecular formula is C19H21N3O7S. The highest BCUT2D eigenvalue weighted by molar-refractivity contribution is 7.92. The number of nitrogens with one attached hydrogen (secondary N) is 1. The van der Waals surface area contributed by atoms with Gasteiger partial charge in [0.25, 0.3) is 5.69 Å². The van der Waals surface area contributed by atoms with E-state index in [1.165, 1.54) is 49.6 Å². The molecule has 2 aromatic carbocycles. The molecule has 0 aliphatic heterocycles. The monoisotopic (exact) mass is 435 g/mol. The van der Waals surface area contributed by atoms with Gasteiger partial charge in [0.2, 0.25) is 15.9 Å². The summed E-state index contributed by atoms with van der Waals surface area (Å²) in [6.07, 6.45) is 1.01. The fourth-order valence-corrected chi connectivity index (χ4v) is 4.07. The lowest BCUT2D eigenvalue weighted by Gasteiger charge is -2.30. The maximum Gasteiger partial charge on any atom is 0.337 e. The molecule has 0 bridgehead atoms. The molecule has 1 atom stereocenters. The molecule has 0 aliphatic rings. The Morgan fingerprint density at radius 3 is 2.43 bits per heavy atom. The molecule has 1 amide bonds. The first-order valence-corrected chi connectivity index (χ1v) is 10.7.